The smallest absolute Gasteiger partial charge is 0.143 e. The van der Waals surface area contributed by atoms with Crippen LogP contribution in [0.15, 0.2) is 476 Å². The van der Waals surface area contributed by atoms with Crippen molar-refractivity contribution in [3.8, 4) is 11.1 Å². The maximum Gasteiger partial charge on any atom is 0.143 e. The summed E-state index contributed by atoms with van der Waals surface area (Å²) >= 11 is 3.79. The summed E-state index contributed by atoms with van der Waals surface area (Å²) in [6.07, 6.45) is 0. The third kappa shape index (κ3) is 12.7. The monoisotopic (exact) mass is 1700 g/mol. The first-order chi connectivity index (χ1) is 65.0. The highest BCUT2D eigenvalue weighted by Gasteiger charge is 2.25. The number of thiophene rings is 2. The molecule has 0 radical (unpaired) electrons. The van der Waals surface area contributed by atoms with Gasteiger partial charge in [-0.05, 0) is 260 Å². The Balaban J connectivity index is 0.000000104. The summed E-state index contributed by atoms with van der Waals surface area (Å²) in [5.74, 6) is 0. The first-order valence-corrected chi connectivity index (χ1v) is 46.3. The van der Waals surface area contributed by atoms with Crippen LogP contribution in [-0.4, -0.2) is 0 Å². The zero-order valence-electron chi connectivity index (χ0n) is 70.9. The molecule has 0 aliphatic carbocycles. The summed E-state index contributed by atoms with van der Waals surface area (Å²) in [6.45, 7) is 0. The minimum atomic E-state index is 0.889. The van der Waals surface area contributed by atoms with Gasteiger partial charge in [0.05, 0.1) is 11.1 Å². The molecule has 7 heteroatoms. The average Bonchev–Trinajstić information content (AvgIpc) is 1.68. The highest BCUT2D eigenvalue weighted by Crippen LogP contribution is 2.51. The van der Waals surface area contributed by atoms with Crippen LogP contribution in [0.1, 0.15) is 0 Å². The quantitative estimate of drug-likeness (QED) is 0.128. The molecule has 0 amide bonds. The van der Waals surface area contributed by atoms with Crippen molar-refractivity contribution >= 4 is 266 Å². The van der Waals surface area contributed by atoms with Crippen molar-refractivity contribution in [1.29, 1.82) is 0 Å². The summed E-state index contributed by atoms with van der Waals surface area (Å²) in [7, 11) is 0. The topological polar surface area (TPSA) is 36.0 Å². The van der Waals surface area contributed by atoms with Gasteiger partial charge in [0.25, 0.3) is 0 Å². The maximum atomic E-state index is 6.37. The zero-order chi connectivity index (χ0) is 86.1. The molecule has 0 aliphatic rings. The summed E-state index contributed by atoms with van der Waals surface area (Å²) in [6, 6.07) is 169. The molecule has 4 heterocycles. The van der Waals surface area contributed by atoms with Crippen LogP contribution in [0.4, 0.5) is 51.2 Å². The summed E-state index contributed by atoms with van der Waals surface area (Å²) in [4.78, 5) is 7.06. The number of benzene rings is 24. The highest BCUT2D eigenvalue weighted by atomic mass is 32.1. The third-order valence-corrected chi connectivity index (χ3v) is 29.0. The lowest BCUT2D eigenvalue weighted by Gasteiger charge is -2.26. The van der Waals surface area contributed by atoms with Gasteiger partial charge < -0.3 is 23.5 Å². The Labute approximate surface area is 761 Å². The predicted octanol–water partition coefficient (Wildman–Crippen LogP) is 37.2. The second-order valence-corrected chi connectivity index (χ2v) is 36.1. The van der Waals surface area contributed by atoms with Gasteiger partial charge in [-0.1, -0.05) is 315 Å². The summed E-state index contributed by atoms with van der Waals surface area (Å²) < 4.78 is 18.0. The van der Waals surface area contributed by atoms with Gasteiger partial charge in [0, 0.05) is 113 Å². The maximum absolute atomic E-state index is 6.37. The summed E-state index contributed by atoms with van der Waals surface area (Å²) in [5, 5.41) is 35.2. The Morgan fingerprint density at radius 2 is 0.527 bits per heavy atom. The number of furan rings is 2. The molecule has 28 rings (SSSR count). The van der Waals surface area contributed by atoms with Crippen LogP contribution in [-0.2, 0) is 0 Å². The molecule has 0 bridgehead atoms. The van der Waals surface area contributed by atoms with Crippen LogP contribution in [0.2, 0.25) is 0 Å². The highest BCUT2D eigenvalue weighted by molar-refractivity contribution is 7.27. The number of hydrogen-bond acceptors (Lipinski definition) is 7. The van der Waals surface area contributed by atoms with E-state index in [1.54, 1.807) is 0 Å². The number of nitrogens with zero attached hydrogens (tertiary/aromatic N) is 3. The Bertz CT molecular complexity index is 9410. The van der Waals surface area contributed by atoms with Gasteiger partial charge in [-0.15, -0.1) is 22.7 Å². The van der Waals surface area contributed by atoms with Gasteiger partial charge in [-0.3, -0.25) is 0 Å². The van der Waals surface area contributed by atoms with Crippen LogP contribution >= 0.6 is 22.7 Å². The lowest BCUT2D eigenvalue weighted by Crippen LogP contribution is -2.10. The number of para-hydroxylation sites is 5. The second kappa shape index (κ2) is 31.1. The number of anilines is 9. The number of hydrogen-bond donors (Lipinski definition) is 0. The zero-order valence-corrected chi connectivity index (χ0v) is 72.6. The summed E-state index contributed by atoms with van der Waals surface area (Å²) in [5.41, 5.74) is 16.2. The van der Waals surface area contributed by atoms with Crippen molar-refractivity contribution in [1.82, 2.24) is 0 Å². The van der Waals surface area contributed by atoms with Crippen LogP contribution in [0.3, 0.4) is 0 Å². The van der Waals surface area contributed by atoms with Crippen molar-refractivity contribution in [3.05, 3.63) is 467 Å². The van der Waals surface area contributed by atoms with E-state index in [1.165, 1.54) is 154 Å². The normalized spacial score (nSPS) is 11.8. The SMILES string of the molecule is c1ccc(-c2ccc(N(c3ccc4ccccc4c3)c3ccc4c(ccc5c6sc7ccccc7c6c6ccccc6c45)c3)cc2)cc1.c1ccc(N(c2ccc3c(ccc4ccc5c(ccc6sc7ccccc7c65)c43)c2)c2cccc3oc4ccccc4c23)cc1.c1ccc(N(c2ccccc2)c2ccc3c(ccc4ccc5c(ccc6c7ccccc7oc65)c43)c2)cc1. The first-order valence-electron chi connectivity index (χ1n) is 44.6. The molecule has 131 heavy (non-hydrogen) atoms. The van der Waals surface area contributed by atoms with E-state index in [2.05, 4.69) is 458 Å². The average molecular weight is 1710 g/mol. The van der Waals surface area contributed by atoms with E-state index < -0.39 is 0 Å². The lowest BCUT2D eigenvalue weighted by atomic mass is 9.93. The van der Waals surface area contributed by atoms with E-state index in [9.17, 15) is 0 Å². The fraction of sp³-hybridized carbons (Fsp3) is 0. The van der Waals surface area contributed by atoms with Crippen LogP contribution in [0.25, 0.3) is 203 Å². The first kappa shape index (κ1) is 75.6. The van der Waals surface area contributed by atoms with Crippen molar-refractivity contribution in [2.75, 3.05) is 14.7 Å². The Kier molecular flexibility index (Phi) is 18.0. The number of fused-ring (bicyclic) bond motifs is 32. The predicted molar refractivity (Wildman–Crippen MR) is 564 cm³/mol. The van der Waals surface area contributed by atoms with Crippen LogP contribution in [0.5, 0.6) is 0 Å². The van der Waals surface area contributed by atoms with Gasteiger partial charge in [0.2, 0.25) is 0 Å². The van der Waals surface area contributed by atoms with E-state index in [-0.39, 0.29) is 0 Å². The molecular weight excluding hydrogens is 1630 g/mol. The van der Waals surface area contributed by atoms with Gasteiger partial charge >= 0.3 is 0 Å². The third-order valence-electron chi connectivity index (χ3n) is 26.6. The molecule has 0 aliphatic heterocycles. The van der Waals surface area contributed by atoms with E-state index in [1.807, 2.05) is 46.9 Å². The van der Waals surface area contributed by atoms with E-state index >= 15 is 0 Å². The largest absolute Gasteiger partial charge is 0.456 e. The van der Waals surface area contributed by atoms with Gasteiger partial charge in [-0.25, -0.2) is 0 Å². The molecule has 0 spiro atoms. The van der Waals surface area contributed by atoms with Gasteiger partial charge in [-0.2, -0.15) is 0 Å². The molecule has 5 nitrogen and oxygen atoms in total. The Morgan fingerprint density at radius 3 is 1.18 bits per heavy atom. The molecule has 0 atom stereocenters. The van der Waals surface area contributed by atoms with Crippen molar-refractivity contribution in [2.24, 2.45) is 0 Å². The second-order valence-electron chi connectivity index (χ2n) is 34.0. The fourth-order valence-electron chi connectivity index (χ4n) is 20.7. The molecule has 28 aromatic rings. The number of rotatable bonds is 10. The van der Waals surface area contributed by atoms with Crippen molar-refractivity contribution < 1.29 is 8.83 Å². The van der Waals surface area contributed by atoms with Crippen molar-refractivity contribution in [3.63, 3.8) is 0 Å². The van der Waals surface area contributed by atoms with Gasteiger partial charge in [0.15, 0.2) is 0 Å². The Morgan fingerprint density at radius 1 is 0.160 bits per heavy atom. The Hall–Kier alpha value is -16.7. The van der Waals surface area contributed by atoms with Gasteiger partial charge in [0.1, 0.15) is 22.3 Å². The molecule has 24 aromatic carbocycles. The minimum Gasteiger partial charge on any atom is -0.456 e. The fourth-order valence-corrected chi connectivity index (χ4v) is 23.1. The molecular formula is C124H77N3O2S2. The van der Waals surface area contributed by atoms with E-state index in [0.29, 0.717) is 0 Å². The molecule has 0 N–H and O–H groups in total. The van der Waals surface area contributed by atoms with Crippen molar-refractivity contribution in [2.45, 2.75) is 0 Å². The molecule has 612 valence electrons. The molecule has 4 aromatic heterocycles. The molecule has 0 saturated carbocycles. The standard InChI is InChI=1S/C46H29NS.C42H25NOS.C36H23NO/c1-2-10-30(11-3-1)32-18-22-35(23-19-32)47(36-24-20-31-12-4-5-13-33(31)28-36)37-25-27-38-34(29-37)21-26-42-44(38)39-14-6-7-15-40(39)45-41-16-8-9-17-43(41)48-46(42)45;1-2-9-28(10-3-1)43(35-13-8-15-37-42(35)33-11-4-6-14-36(33)44-37)29-20-22-30-27(25-29)18-17-26-19-21-32-31(40(26)30)23-24-39-41(32)34-12-5-7-16-38(34)45-39;1-3-9-26(10-4-1)37(27-11-5-2-6-12-27)28-18-20-29-25(23-28)16-15-24-17-19-33-31(35(24)29)21-22-32-30-13-7-8-14-34(30)38-36(32)33/h1-29H;1-25H;1-23H. The molecule has 0 saturated heterocycles. The van der Waals surface area contributed by atoms with E-state index in [4.69, 9.17) is 8.83 Å². The lowest BCUT2D eigenvalue weighted by molar-refractivity contribution is 0.669. The van der Waals surface area contributed by atoms with Crippen LogP contribution < -0.4 is 14.7 Å². The minimum absolute atomic E-state index is 0.889. The van der Waals surface area contributed by atoms with Crippen LogP contribution in [0, 0.1) is 0 Å². The van der Waals surface area contributed by atoms with E-state index in [0.717, 1.165) is 100 Å². The molecule has 0 unspecified atom stereocenters. The molecule has 0 fully saturated rings.